The van der Waals surface area contributed by atoms with Crippen LogP contribution in [0.15, 0.2) is 4.99 Å². The molecule has 0 amide bonds. The van der Waals surface area contributed by atoms with Gasteiger partial charge in [-0.05, 0) is 30.6 Å². The van der Waals surface area contributed by atoms with Gasteiger partial charge >= 0.3 is 0 Å². The van der Waals surface area contributed by atoms with E-state index in [-0.39, 0.29) is 0 Å². The molecule has 88 valence electrons. The molecule has 0 unspecified atom stereocenters. The maximum Gasteiger partial charge on any atom is 0.188 e. The molecule has 0 aromatic carbocycles. The first kappa shape index (κ1) is 12.3. The molecule has 1 aliphatic rings. The maximum absolute atomic E-state index is 5.78. The fraction of sp³-hybridized carbons (Fsp3) is 0.917. The summed E-state index contributed by atoms with van der Waals surface area (Å²) < 4.78 is 0. The van der Waals surface area contributed by atoms with Gasteiger partial charge < -0.3 is 11.1 Å². The van der Waals surface area contributed by atoms with Gasteiger partial charge in [0.2, 0.25) is 0 Å². The fourth-order valence-corrected chi connectivity index (χ4v) is 1.76. The lowest BCUT2D eigenvalue weighted by molar-refractivity contribution is 0.173. The smallest absolute Gasteiger partial charge is 0.188 e. The van der Waals surface area contributed by atoms with E-state index >= 15 is 0 Å². The van der Waals surface area contributed by atoms with Gasteiger partial charge in [-0.25, -0.2) is 0 Å². The van der Waals surface area contributed by atoms with E-state index in [2.05, 4.69) is 31.1 Å². The van der Waals surface area contributed by atoms with Crippen molar-refractivity contribution < 1.29 is 0 Å². The first-order valence-corrected chi connectivity index (χ1v) is 6.06. The summed E-state index contributed by atoms with van der Waals surface area (Å²) in [4.78, 5) is 4.40. The quantitative estimate of drug-likeness (QED) is 0.540. The van der Waals surface area contributed by atoms with E-state index in [4.69, 9.17) is 5.73 Å². The minimum Gasteiger partial charge on any atom is -0.370 e. The number of aliphatic imine (C=N–C) groups is 1. The summed E-state index contributed by atoms with van der Waals surface area (Å²) in [5, 5.41) is 3.16. The van der Waals surface area contributed by atoms with Crippen LogP contribution >= 0.6 is 0 Å². The first-order chi connectivity index (χ1) is 7.02. The summed E-state index contributed by atoms with van der Waals surface area (Å²) in [5.74, 6) is 1.33. The van der Waals surface area contributed by atoms with Crippen molar-refractivity contribution in [3.05, 3.63) is 0 Å². The number of guanidine groups is 1. The zero-order valence-electron chi connectivity index (χ0n) is 10.3. The van der Waals surface area contributed by atoms with Crippen LogP contribution in [0.25, 0.3) is 0 Å². The van der Waals surface area contributed by atoms with E-state index in [0.717, 1.165) is 25.4 Å². The Morgan fingerprint density at radius 1 is 1.47 bits per heavy atom. The highest BCUT2D eigenvalue weighted by atomic mass is 15.1. The van der Waals surface area contributed by atoms with Crippen molar-refractivity contribution in [1.29, 1.82) is 0 Å². The molecule has 0 bridgehead atoms. The summed E-state index contributed by atoms with van der Waals surface area (Å²) >= 11 is 0. The standard InChI is InChI=1S/C12H25N3/c1-10(2)5-8-14-11(13)15-9-12(3)6-4-7-12/h10H,4-9H2,1-3H3,(H3,13,14,15). The molecule has 0 radical (unpaired) electrons. The van der Waals surface area contributed by atoms with Gasteiger partial charge in [-0.3, -0.25) is 4.99 Å². The maximum atomic E-state index is 5.78. The summed E-state index contributed by atoms with van der Waals surface area (Å²) in [6.45, 7) is 8.54. The van der Waals surface area contributed by atoms with E-state index in [1.165, 1.54) is 19.3 Å². The highest BCUT2D eigenvalue weighted by Crippen LogP contribution is 2.40. The fourth-order valence-electron chi connectivity index (χ4n) is 1.76. The third-order valence-corrected chi connectivity index (χ3v) is 3.22. The van der Waals surface area contributed by atoms with Gasteiger partial charge in [-0.2, -0.15) is 0 Å². The average molecular weight is 211 g/mol. The van der Waals surface area contributed by atoms with E-state index in [1.54, 1.807) is 0 Å². The summed E-state index contributed by atoms with van der Waals surface area (Å²) in [6.07, 6.45) is 5.10. The van der Waals surface area contributed by atoms with Crippen molar-refractivity contribution in [3.8, 4) is 0 Å². The van der Waals surface area contributed by atoms with E-state index in [0.29, 0.717) is 11.4 Å². The molecule has 0 aromatic heterocycles. The van der Waals surface area contributed by atoms with Crippen LogP contribution < -0.4 is 11.1 Å². The zero-order valence-corrected chi connectivity index (χ0v) is 10.3. The van der Waals surface area contributed by atoms with Gasteiger partial charge in [0.15, 0.2) is 5.96 Å². The van der Waals surface area contributed by atoms with Crippen LogP contribution in [0.1, 0.15) is 46.5 Å². The van der Waals surface area contributed by atoms with Crippen molar-refractivity contribution in [2.45, 2.75) is 46.5 Å². The molecule has 0 saturated heterocycles. The lowest BCUT2D eigenvalue weighted by Crippen LogP contribution is -2.36. The molecule has 3 nitrogen and oxygen atoms in total. The summed E-state index contributed by atoms with van der Waals surface area (Å²) in [6, 6.07) is 0. The number of nitrogens with one attached hydrogen (secondary N) is 1. The van der Waals surface area contributed by atoms with Gasteiger partial charge in [0.05, 0.1) is 0 Å². The molecule has 0 spiro atoms. The van der Waals surface area contributed by atoms with E-state index in [1.807, 2.05) is 0 Å². The molecule has 1 fully saturated rings. The molecular weight excluding hydrogens is 186 g/mol. The molecular formula is C12H25N3. The molecule has 3 N–H and O–H groups in total. The highest BCUT2D eigenvalue weighted by molar-refractivity contribution is 5.77. The Balaban J connectivity index is 2.15. The molecule has 1 rings (SSSR count). The molecule has 1 aliphatic carbocycles. The Hall–Kier alpha value is -0.730. The first-order valence-electron chi connectivity index (χ1n) is 6.06. The Morgan fingerprint density at radius 2 is 2.13 bits per heavy atom. The normalized spacial score (nSPS) is 20.1. The van der Waals surface area contributed by atoms with Crippen LogP contribution in [-0.4, -0.2) is 19.0 Å². The van der Waals surface area contributed by atoms with Crippen LogP contribution in [0.3, 0.4) is 0 Å². The van der Waals surface area contributed by atoms with Crippen LogP contribution in [-0.2, 0) is 0 Å². The molecule has 0 heterocycles. The molecule has 0 aliphatic heterocycles. The molecule has 3 heteroatoms. The number of nitrogens with two attached hydrogens (primary N) is 1. The van der Waals surface area contributed by atoms with Gasteiger partial charge in [0.1, 0.15) is 0 Å². The Labute approximate surface area is 93.5 Å². The Bertz CT molecular complexity index is 217. The second kappa shape index (κ2) is 5.38. The van der Waals surface area contributed by atoms with Gasteiger partial charge in [0, 0.05) is 13.1 Å². The number of rotatable bonds is 5. The van der Waals surface area contributed by atoms with E-state index in [9.17, 15) is 0 Å². The van der Waals surface area contributed by atoms with Crippen molar-refractivity contribution in [1.82, 2.24) is 5.32 Å². The van der Waals surface area contributed by atoms with Crippen molar-refractivity contribution in [2.24, 2.45) is 22.1 Å². The topological polar surface area (TPSA) is 50.4 Å². The van der Waals surface area contributed by atoms with Gasteiger partial charge in [0.25, 0.3) is 0 Å². The Morgan fingerprint density at radius 3 is 2.60 bits per heavy atom. The van der Waals surface area contributed by atoms with Gasteiger partial charge in [-0.1, -0.05) is 27.2 Å². The highest BCUT2D eigenvalue weighted by Gasteiger charge is 2.31. The second-order valence-corrected chi connectivity index (χ2v) is 5.47. The molecule has 0 aromatic rings. The third-order valence-electron chi connectivity index (χ3n) is 3.22. The summed E-state index contributed by atoms with van der Waals surface area (Å²) in [5.41, 5.74) is 6.22. The third kappa shape index (κ3) is 4.54. The minimum absolute atomic E-state index is 0.435. The summed E-state index contributed by atoms with van der Waals surface area (Å²) in [7, 11) is 0. The predicted molar refractivity (Wildman–Crippen MR) is 65.9 cm³/mol. The van der Waals surface area contributed by atoms with E-state index < -0.39 is 0 Å². The van der Waals surface area contributed by atoms with Crippen molar-refractivity contribution in [2.75, 3.05) is 13.1 Å². The zero-order chi connectivity index (χ0) is 11.3. The average Bonchev–Trinajstić information content (AvgIpc) is 2.11. The minimum atomic E-state index is 0.435. The largest absolute Gasteiger partial charge is 0.370 e. The lowest BCUT2D eigenvalue weighted by atomic mass is 9.71. The Kier molecular flexibility index (Phi) is 4.43. The number of nitrogens with zero attached hydrogens (tertiary/aromatic N) is 1. The molecule has 15 heavy (non-hydrogen) atoms. The number of hydrogen-bond donors (Lipinski definition) is 2. The SMILES string of the molecule is CC(C)CCNC(N)=NCC1(C)CCC1. The lowest BCUT2D eigenvalue weighted by Gasteiger charge is -2.36. The second-order valence-electron chi connectivity index (χ2n) is 5.47. The van der Waals surface area contributed by atoms with Crippen LogP contribution in [0.2, 0.25) is 0 Å². The molecule has 0 atom stereocenters. The van der Waals surface area contributed by atoms with Gasteiger partial charge in [-0.15, -0.1) is 0 Å². The van der Waals surface area contributed by atoms with Crippen molar-refractivity contribution in [3.63, 3.8) is 0 Å². The monoisotopic (exact) mass is 211 g/mol. The van der Waals surface area contributed by atoms with Crippen LogP contribution in [0.4, 0.5) is 0 Å². The molecule has 1 saturated carbocycles. The van der Waals surface area contributed by atoms with Crippen LogP contribution in [0.5, 0.6) is 0 Å². The number of hydrogen-bond acceptors (Lipinski definition) is 1. The predicted octanol–water partition coefficient (Wildman–Crippen LogP) is 2.13. The van der Waals surface area contributed by atoms with Crippen molar-refractivity contribution >= 4 is 5.96 Å². The van der Waals surface area contributed by atoms with Crippen LogP contribution in [0, 0.1) is 11.3 Å².